The van der Waals surface area contributed by atoms with Crippen LogP contribution in [0.4, 0.5) is 8.78 Å². The molecule has 0 atom stereocenters. The van der Waals surface area contributed by atoms with Crippen LogP contribution in [0.1, 0.15) is 17.7 Å². The average molecular weight is 387 g/mol. The zero-order chi connectivity index (χ0) is 20.3. The lowest BCUT2D eigenvalue weighted by Gasteiger charge is -2.11. The van der Waals surface area contributed by atoms with Crippen molar-refractivity contribution in [1.82, 2.24) is 25.0 Å². The van der Waals surface area contributed by atoms with Crippen molar-refractivity contribution in [3.63, 3.8) is 0 Å². The Bertz CT molecular complexity index is 970. The van der Waals surface area contributed by atoms with Crippen molar-refractivity contribution in [1.29, 1.82) is 0 Å². The van der Waals surface area contributed by atoms with Gasteiger partial charge in [-0.2, -0.15) is 5.10 Å². The third kappa shape index (κ3) is 4.33. The second kappa shape index (κ2) is 8.43. The molecule has 0 saturated heterocycles. The Labute approximate surface area is 162 Å². The van der Waals surface area contributed by atoms with Crippen LogP contribution in [0.3, 0.4) is 0 Å². The second-order valence-electron chi connectivity index (χ2n) is 6.86. The number of alkyl halides is 2. The molecule has 0 bridgehead atoms. The van der Waals surface area contributed by atoms with Crippen molar-refractivity contribution < 1.29 is 13.6 Å². The Balaban J connectivity index is 2.00. The number of halogens is 2. The molecule has 1 N–H and O–H groups in total. The minimum Gasteiger partial charge on any atom is -0.353 e. The van der Waals surface area contributed by atoms with Gasteiger partial charge in [0.1, 0.15) is 6.54 Å². The molecule has 148 valence electrons. The van der Waals surface area contributed by atoms with E-state index in [0.29, 0.717) is 29.9 Å². The molecule has 0 aliphatic rings. The van der Waals surface area contributed by atoms with Gasteiger partial charge in [-0.15, -0.1) is 0 Å². The maximum atomic E-state index is 13.7. The first-order chi connectivity index (χ1) is 13.4. The van der Waals surface area contributed by atoms with Gasteiger partial charge < -0.3 is 10.2 Å². The molecule has 0 radical (unpaired) electrons. The minimum absolute atomic E-state index is 0.0777. The molecule has 0 unspecified atom stereocenters. The molecule has 0 aliphatic carbocycles. The summed E-state index contributed by atoms with van der Waals surface area (Å²) in [4.78, 5) is 18.8. The topological polar surface area (TPSA) is 63.1 Å². The number of carbonyl (C=O) groups excluding carboxylic acids is 1. The molecule has 6 nitrogen and oxygen atoms in total. The Hall–Kier alpha value is -2.87. The van der Waals surface area contributed by atoms with Crippen molar-refractivity contribution in [3.8, 4) is 11.3 Å². The van der Waals surface area contributed by atoms with Gasteiger partial charge in [-0.1, -0.05) is 30.3 Å². The van der Waals surface area contributed by atoms with E-state index in [4.69, 9.17) is 0 Å². The van der Waals surface area contributed by atoms with Gasteiger partial charge in [0.2, 0.25) is 5.91 Å². The van der Waals surface area contributed by atoms with Gasteiger partial charge in [0.05, 0.1) is 16.8 Å². The van der Waals surface area contributed by atoms with E-state index in [-0.39, 0.29) is 23.7 Å². The van der Waals surface area contributed by atoms with Crippen molar-refractivity contribution >= 4 is 16.9 Å². The smallest absolute Gasteiger partial charge is 0.264 e. The van der Waals surface area contributed by atoms with Crippen LogP contribution in [-0.4, -0.2) is 52.8 Å². The number of nitrogens with one attached hydrogen (secondary N) is 1. The molecule has 28 heavy (non-hydrogen) atoms. The van der Waals surface area contributed by atoms with Crippen LogP contribution < -0.4 is 5.32 Å². The van der Waals surface area contributed by atoms with E-state index in [9.17, 15) is 13.6 Å². The average Bonchev–Trinajstić information content (AvgIpc) is 2.97. The van der Waals surface area contributed by atoms with Crippen molar-refractivity contribution in [2.75, 3.05) is 27.2 Å². The molecule has 0 aliphatic heterocycles. The number of hydrogen-bond acceptors (Lipinski definition) is 4. The van der Waals surface area contributed by atoms with Crippen LogP contribution in [0.25, 0.3) is 22.3 Å². The summed E-state index contributed by atoms with van der Waals surface area (Å²) >= 11 is 0. The molecule has 3 aromatic rings. The lowest BCUT2D eigenvalue weighted by Crippen LogP contribution is -2.33. The fraction of sp³-hybridized carbons (Fsp3) is 0.350. The van der Waals surface area contributed by atoms with E-state index in [1.54, 1.807) is 6.92 Å². The van der Waals surface area contributed by atoms with E-state index >= 15 is 0 Å². The monoisotopic (exact) mass is 387 g/mol. The number of pyridine rings is 1. The zero-order valence-electron chi connectivity index (χ0n) is 16.1. The second-order valence-corrected chi connectivity index (χ2v) is 6.86. The summed E-state index contributed by atoms with van der Waals surface area (Å²) in [6.07, 6.45) is -2.67. The van der Waals surface area contributed by atoms with Crippen molar-refractivity contribution in [2.24, 2.45) is 0 Å². The molecule has 2 heterocycles. The number of aryl methyl sites for hydroxylation is 1. The Morgan fingerprint density at radius 3 is 2.61 bits per heavy atom. The number of rotatable bonds is 7. The highest BCUT2D eigenvalue weighted by Crippen LogP contribution is 2.32. The SMILES string of the molecule is Cc1nn(CC(=O)NCCN(C)C)c2nc(-c3ccccc3)cc(C(F)F)c12. The third-order valence-corrected chi connectivity index (χ3v) is 4.39. The van der Waals surface area contributed by atoms with E-state index in [2.05, 4.69) is 15.4 Å². The first-order valence-corrected chi connectivity index (χ1v) is 9.00. The molecule has 2 aromatic heterocycles. The maximum Gasteiger partial charge on any atom is 0.264 e. The van der Waals surface area contributed by atoms with E-state index in [1.807, 2.05) is 49.3 Å². The predicted octanol–water partition coefficient (Wildman–Crippen LogP) is 3.02. The molecule has 0 spiro atoms. The Kier molecular flexibility index (Phi) is 5.99. The van der Waals surface area contributed by atoms with Crippen LogP contribution in [0, 0.1) is 6.92 Å². The fourth-order valence-corrected chi connectivity index (χ4v) is 3.04. The maximum absolute atomic E-state index is 13.7. The van der Waals surface area contributed by atoms with E-state index in [0.717, 1.165) is 5.56 Å². The first kappa shape index (κ1) is 19.9. The highest BCUT2D eigenvalue weighted by molar-refractivity contribution is 5.87. The Morgan fingerprint density at radius 2 is 1.96 bits per heavy atom. The molecular formula is C20H23F2N5O. The lowest BCUT2D eigenvalue weighted by molar-refractivity contribution is -0.121. The van der Waals surface area contributed by atoms with Crippen LogP contribution >= 0.6 is 0 Å². The molecule has 0 saturated carbocycles. The molecule has 0 fully saturated rings. The zero-order valence-corrected chi connectivity index (χ0v) is 16.1. The number of likely N-dealkylation sites (N-methyl/N-ethyl adjacent to an activating group) is 1. The summed E-state index contributed by atoms with van der Waals surface area (Å²) in [5.41, 5.74) is 1.75. The van der Waals surface area contributed by atoms with Crippen LogP contribution in [-0.2, 0) is 11.3 Å². The van der Waals surface area contributed by atoms with Gasteiger partial charge in [0.25, 0.3) is 6.43 Å². The summed E-state index contributed by atoms with van der Waals surface area (Å²) < 4.78 is 28.9. The molecule has 8 heteroatoms. The quantitative estimate of drug-likeness (QED) is 0.677. The number of carbonyl (C=O) groups is 1. The van der Waals surface area contributed by atoms with Gasteiger partial charge in [-0.3, -0.25) is 4.79 Å². The number of aromatic nitrogens is 3. The predicted molar refractivity (Wildman–Crippen MR) is 104 cm³/mol. The minimum atomic E-state index is -2.67. The lowest BCUT2D eigenvalue weighted by atomic mass is 10.1. The molecule has 3 rings (SSSR count). The highest BCUT2D eigenvalue weighted by Gasteiger charge is 2.21. The van der Waals surface area contributed by atoms with Crippen LogP contribution in [0.5, 0.6) is 0 Å². The van der Waals surface area contributed by atoms with Crippen LogP contribution in [0.2, 0.25) is 0 Å². The largest absolute Gasteiger partial charge is 0.353 e. The summed E-state index contributed by atoms with van der Waals surface area (Å²) in [5.74, 6) is -0.239. The van der Waals surface area contributed by atoms with Crippen molar-refractivity contribution in [3.05, 3.63) is 47.7 Å². The number of benzene rings is 1. The van der Waals surface area contributed by atoms with Gasteiger partial charge in [0, 0.05) is 24.2 Å². The summed E-state index contributed by atoms with van der Waals surface area (Å²) in [7, 11) is 3.83. The van der Waals surface area contributed by atoms with Crippen molar-refractivity contribution in [2.45, 2.75) is 19.9 Å². The normalized spacial score (nSPS) is 11.5. The summed E-state index contributed by atoms with van der Waals surface area (Å²) in [5, 5.41) is 7.40. The standard InChI is InChI=1S/C20H23F2N5O/c1-13-18-15(19(21)22)11-16(14-7-5-4-6-8-14)24-20(18)27(25-13)12-17(28)23-9-10-26(2)3/h4-8,11,19H,9-10,12H2,1-3H3,(H,23,28). The van der Waals surface area contributed by atoms with E-state index < -0.39 is 6.43 Å². The summed E-state index contributed by atoms with van der Waals surface area (Å²) in [6.45, 7) is 2.77. The number of hydrogen-bond donors (Lipinski definition) is 1. The van der Waals surface area contributed by atoms with Gasteiger partial charge in [0.15, 0.2) is 5.65 Å². The fourth-order valence-electron chi connectivity index (χ4n) is 3.04. The Morgan fingerprint density at radius 1 is 1.25 bits per heavy atom. The number of amides is 1. The first-order valence-electron chi connectivity index (χ1n) is 9.00. The molecule has 1 amide bonds. The van der Waals surface area contributed by atoms with Gasteiger partial charge in [-0.25, -0.2) is 18.4 Å². The molecular weight excluding hydrogens is 364 g/mol. The number of fused-ring (bicyclic) bond motifs is 1. The van der Waals surface area contributed by atoms with Gasteiger partial charge >= 0.3 is 0 Å². The summed E-state index contributed by atoms with van der Waals surface area (Å²) in [6, 6.07) is 10.5. The molecule has 1 aromatic carbocycles. The van der Waals surface area contributed by atoms with Crippen LogP contribution in [0.15, 0.2) is 36.4 Å². The van der Waals surface area contributed by atoms with Gasteiger partial charge in [-0.05, 0) is 27.1 Å². The highest BCUT2D eigenvalue weighted by atomic mass is 19.3. The van der Waals surface area contributed by atoms with E-state index in [1.165, 1.54) is 10.7 Å². The third-order valence-electron chi connectivity index (χ3n) is 4.39. The number of nitrogens with zero attached hydrogens (tertiary/aromatic N) is 4.